The van der Waals surface area contributed by atoms with E-state index in [1.807, 2.05) is 20.8 Å². The van der Waals surface area contributed by atoms with Crippen LogP contribution in [0.2, 0.25) is 36.3 Å². The summed E-state index contributed by atoms with van der Waals surface area (Å²) in [6.45, 7) is 32.0. The van der Waals surface area contributed by atoms with Crippen LogP contribution in [0.25, 0.3) is 0 Å². The Kier molecular flexibility index (Phi) is 11.8. The first kappa shape index (κ1) is 35.9. The molecular formula is C31H62O7Si2. The van der Waals surface area contributed by atoms with E-state index < -0.39 is 33.8 Å². The van der Waals surface area contributed by atoms with Crippen molar-refractivity contribution < 1.29 is 32.6 Å². The summed E-state index contributed by atoms with van der Waals surface area (Å²) in [4.78, 5) is 12.9. The smallest absolute Gasteiger partial charge is 0.311 e. The highest BCUT2D eigenvalue weighted by atomic mass is 28.4. The third kappa shape index (κ3) is 9.61. The van der Waals surface area contributed by atoms with Crippen LogP contribution in [0.1, 0.15) is 101 Å². The maximum absolute atomic E-state index is 12.9. The number of hydrogen-bond donors (Lipinski definition) is 0. The van der Waals surface area contributed by atoms with Gasteiger partial charge >= 0.3 is 5.97 Å². The van der Waals surface area contributed by atoms with Crippen molar-refractivity contribution in [1.82, 2.24) is 0 Å². The average molecular weight is 603 g/mol. The molecule has 0 aromatic rings. The Hall–Kier alpha value is -0.296. The topological polar surface area (TPSA) is 72.5 Å². The normalized spacial score (nSPS) is 28.6. The van der Waals surface area contributed by atoms with Gasteiger partial charge in [0.1, 0.15) is 12.7 Å². The Morgan fingerprint density at radius 3 is 1.85 bits per heavy atom. The van der Waals surface area contributed by atoms with E-state index in [1.165, 1.54) is 0 Å². The first-order valence-electron chi connectivity index (χ1n) is 15.4. The molecule has 1 unspecified atom stereocenters. The summed E-state index contributed by atoms with van der Waals surface area (Å²) in [6.07, 6.45) is 2.95. The van der Waals surface area contributed by atoms with Crippen molar-refractivity contribution in [3.8, 4) is 0 Å². The van der Waals surface area contributed by atoms with Crippen LogP contribution >= 0.6 is 0 Å². The molecule has 2 saturated heterocycles. The summed E-state index contributed by atoms with van der Waals surface area (Å²) in [5.74, 6) is -0.237. The van der Waals surface area contributed by atoms with E-state index in [1.54, 1.807) is 0 Å². The second-order valence-corrected chi connectivity index (χ2v) is 25.8. The van der Waals surface area contributed by atoms with Gasteiger partial charge in [-0.2, -0.15) is 0 Å². The van der Waals surface area contributed by atoms with Crippen LogP contribution in [-0.4, -0.2) is 72.6 Å². The molecule has 0 aromatic carbocycles. The Bertz CT molecular complexity index is 819. The standard InChI is InChI=1S/C31H62O7Si2/c1-28(2,3)27(32)35-22-24-23(37-39(11,12)29(4,5)6)17-15-18-25(38-40(13,14)30(7,8)9)31(10,36-24)21-26-33-19-16-20-34-26/h23-26H,15-22H2,1-14H3/t23?,24-,25-,31+/m1/s1. The lowest BCUT2D eigenvalue weighted by Crippen LogP contribution is -2.59. The second kappa shape index (κ2) is 13.1. The van der Waals surface area contributed by atoms with Crippen LogP contribution in [0.15, 0.2) is 0 Å². The molecule has 0 aliphatic carbocycles. The number of esters is 1. The highest BCUT2D eigenvalue weighted by molar-refractivity contribution is 6.74. The molecule has 9 heteroatoms. The zero-order chi connectivity index (χ0) is 30.8. The molecular weight excluding hydrogens is 541 g/mol. The summed E-state index contributed by atoms with van der Waals surface area (Å²) in [6, 6.07) is 0. The Morgan fingerprint density at radius 1 is 0.825 bits per heavy atom. The van der Waals surface area contributed by atoms with Crippen LogP contribution < -0.4 is 0 Å². The van der Waals surface area contributed by atoms with Crippen LogP contribution in [0.3, 0.4) is 0 Å². The zero-order valence-corrected chi connectivity index (χ0v) is 30.3. The molecule has 2 aliphatic rings. The van der Waals surface area contributed by atoms with Crippen molar-refractivity contribution in [2.24, 2.45) is 5.41 Å². The van der Waals surface area contributed by atoms with Crippen LogP contribution in [-0.2, 0) is 32.6 Å². The van der Waals surface area contributed by atoms with Gasteiger partial charge in [-0.05, 0) is 89.6 Å². The summed E-state index contributed by atoms with van der Waals surface area (Å²) in [7, 11) is -4.25. The SMILES string of the molecule is CC(C)(C)C(=O)OC[C@H]1O[C@@](C)(CC2OCCCO2)[C@H](O[Si](C)(C)C(C)(C)C)CCCC1O[Si](C)(C)C(C)(C)C. The number of carbonyl (C=O) groups excluding carboxylic acids is 1. The maximum Gasteiger partial charge on any atom is 0.311 e. The first-order chi connectivity index (χ1) is 18.0. The van der Waals surface area contributed by atoms with Crippen LogP contribution in [0, 0.1) is 5.41 Å². The number of hydrogen-bond acceptors (Lipinski definition) is 7. The fourth-order valence-electron chi connectivity index (χ4n) is 4.58. The molecule has 0 aromatic heterocycles. The van der Waals surface area contributed by atoms with Gasteiger partial charge in [-0.1, -0.05) is 41.5 Å². The van der Waals surface area contributed by atoms with Gasteiger partial charge in [0, 0.05) is 6.42 Å². The van der Waals surface area contributed by atoms with Gasteiger partial charge in [0.05, 0.1) is 36.4 Å². The summed E-state index contributed by atoms with van der Waals surface area (Å²) in [5.41, 5.74) is -1.32. The van der Waals surface area contributed by atoms with E-state index in [9.17, 15) is 4.79 Å². The molecule has 0 N–H and O–H groups in total. The summed E-state index contributed by atoms with van der Waals surface area (Å²) >= 11 is 0. The van der Waals surface area contributed by atoms with Crippen molar-refractivity contribution in [1.29, 1.82) is 0 Å². The lowest BCUT2D eigenvalue weighted by atomic mass is 9.87. The molecule has 236 valence electrons. The van der Waals surface area contributed by atoms with Gasteiger partial charge in [0.2, 0.25) is 0 Å². The summed E-state index contributed by atoms with van der Waals surface area (Å²) in [5, 5.41) is 0.104. The highest BCUT2D eigenvalue weighted by Crippen LogP contribution is 2.44. The molecule has 2 heterocycles. The Labute approximate surface area is 248 Å². The third-order valence-electron chi connectivity index (χ3n) is 9.43. The minimum absolute atomic E-state index is 0.0447. The van der Waals surface area contributed by atoms with E-state index in [0.29, 0.717) is 19.6 Å². The number of rotatable bonds is 8. The Morgan fingerprint density at radius 2 is 1.35 bits per heavy atom. The molecule has 2 fully saturated rings. The lowest BCUT2D eigenvalue weighted by molar-refractivity contribution is -0.246. The van der Waals surface area contributed by atoms with E-state index in [0.717, 1.165) is 25.7 Å². The van der Waals surface area contributed by atoms with E-state index in [4.69, 9.17) is 27.8 Å². The Balaban J connectivity index is 2.49. The number of carbonyl (C=O) groups is 1. The molecule has 0 amide bonds. The maximum atomic E-state index is 12.9. The molecule has 0 radical (unpaired) electrons. The van der Waals surface area contributed by atoms with Crippen LogP contribution in [0.5, 0.6) is 0 Å². The van der Waals surface area contributed by atoms with Crippen molar-refractivity contribution in [2.45, 2.75) is 168 Å². The largest absolute Gasteiger partial charge is 0.462 e. The minimum atomic E-state index is -2.13. The molecule has 2 aliphatic heterocycles. The predicted molar refractivity (Wildman–Crippen MR) is 167 cm³/mol. The third-order valence-corrected chi connectivity index (χ3v) is 18.4. The van der Waals surface area contributed by atoms with Gasteiger partial charge in [0.25, 0.3) is 0 Å². The summed E-state index contributed by atoms with van der Waals surface area (Å²) < 4.78 is 39.3. The van der Waals surface area contributed by atoms with Crippen LogP contribution in [0.4, 0.5) is 0 Å². The fraction of sp³-hybridized carbons (Fsp3) is 0.968. The highest BCUT2D eigenvalue weighted by Gasteiger charge is 2.50. The molecule has 7 nitrogen and oxygen atoms in total. The molecule has 40 heavy (non-hydrogen) atoms. The van der Waals surface area contributed by atoms with Crippen molar-refractivity contribution in [3.63, 3.8) is 0 Å². The van der Waals surface area contributed by atoms with E-state index >= 15 is 0 Å². The van der Waals surface area contributed by atoms with Crippen molar-refractivity contribution in [2.75, 3.05) is 19.8 Å². The molecule has 4 atom stereocenters. The van der Waals surface area contributed by atoms with E-state index in [2.05, 4.69) is 74.7 Å². The number of ether oxygens (including phenoxy) is 4. The van der Waals surface area contributed by atoms with Gasteiger partial charge in [-0.3, -0.25) is 4.79 Å². The van der Waals surface area contributed by atoms with Gasteiger partial charge in [-0.25, -0.2) is 0 Å². The second-order valence-electron chi connectivity index (χ2n) is 16.3. The molecule has 0 bridgehead atoms. The van der Waals surface area contributed by atoms with E-state index in [-0.39, 0.29) is 41.2 Å². The zero-order valence-electron chi connectivity index (χ0n) is 28.3. The molecule has 0 saturated carbocycles. The minimum Gasteiger partial charge on any atom is -0.462 e. The average Bonchev–Trinajstić information content (AvgIpc) is 2.77. The fourth-order valence-corrected chi connectivity index (χ4v) is 7.39. The monoisotopic (exact) mass is 602 g/mol. The predicted octanol–water partition coefficient (Wildman–Crippen LogP) is 7.84. The van der Waals surface area contributed by atoms with Gasteiger partial charge in [0.15, 0.2) is 22.9 Å². The first-order valence-corrected chi connectivity index (χ1v) is 21.2. The van der Waals surface area contributed by atoms with Gasteiger partial charge < -0.3 is 27.8 Å². The lowest BCUT2D eigenvalue weighted by Gasteiger charge is -2.50. The van der Waals surface area contributed by atoms with Crippen molar-refractivity contribution in [3.05, 3.63) is 0 Å². The quantitative estimate of drug-likeness (QED) is 0.207. The van der Waals surface area contributed by atoms with Crippen molar-refractivity contribution >= 4 is 22.6 Å². The molecule has 0 spiro atoms. The van der Waals surface area contributed by atoms with Gasteiger partial charge in [-0.15, -0.1) is 0 Å². The molecule has 2 rings (SSSR count).